The van der Waals surface area contributed by atoms with Gasteiger partial charge >= 0.3 is 0 Å². The molecule has 0 aliphatic rings. The molecule has 0 aliphatic carbocycles. The van der Waals surface area contributed by atoms with Crippen molar-refractivity contribution in [1.29, 1.82) is 0 Å². The molecule has 0 N–H and O–H groups in total. The van der Waals surface area contributed by atoms with Crippen LogP contribution in [-0.4, -0.2) is 31.2 Å². The summed E-state index contributed by atoms with van der Waals surface area (Å²) in [5, 5.41) is 20.8. The van der Waals surface area contributed by atoms with Gasteiger partial charge in [-0.3, -0.25) is 19.5 Å². The number of benzene rings is 3. The molecule has 4 aromatic rings. The van der Waals surface area contributed by atoms with Crippen LogP contribution in [0, 0.1) is 17.0 Å². The van der Waals surface area contributed by atoms with E-state index < -0.39 is 4.92 Å². The highest BCUT2D eigenvalue weighted by atomic mass is 35.5. The Balaban J connectivity index is 1.66. The van der Waals surface area contributed by atoms with Gasteiger partial charge in [-0.25, -0.2) is 0 Å². The molecule has 0 saturated heterocycles. The van der Waals surface area contributed by atoms with E-state index in [1.54, 1.807) is 18.2 Å². The summed E-state index contributed by atoms with van der Waals surface area (Å²) in [6.07, 6.45) is 0. The van der Waals surface area contributed by atoms with Gasteiger partial charge in [0, 0.05) is 34.0 Å². The lowest BCUT2D eigenvalue weighted by Gasteiger charge is -2.11. The Morgan fingerprint density at radius 1 is 1.06 bits per heavy atom. The molecular weight excluding hydrogens is 448 g/mol. The molecule has 0 spiro atoms. The van der Waals surface area contributed by atoms with Crippen molar-refractivity contribution in [1.82, 2.24) is 14.8 Å². The van der Waals surface area contributed by atoms with Crippen LogP contribution in [0.2, 0.25) is 5.02 Å². The lowest BCUT2D eigenvalue weighted by atomic mass is 10.1. The van der Waals surface area contributed by atoms with Crippen molar-refractivity contribution in [2.45, 2.75) is 12.1 Å². The Kier molecular flexibility index (Phi) is 6.34. The third kappa shape index (κ3) is 4.71. The first-order valence-corrected chi connectivity index (χ1v) is 11.0. The summed E-state index contributed by atoms with van der Waals surface area (Å²) in [7, 11) is 0. The molecule has 160 valence electrons. The first kappa shape index (κ1) is 21.7. The number of halogens is 1. The van der Waals surface area contributed by atoms with Crippen LogP contribution >= 0.6 is 23.4 Å². The summed E-state index contributed by atoms with van der Waals surface area (Å²) < 4.78 is 1.88. The zero-order valence-electron chi connectivity index (χ0n) is 16.9. The number of aromatic nitrogens is 3. The van der Waals surface area contributed by atoms with Crippen LogP contribution in [0.3, 0.4) is 0 Å². The number of nitro benzene ring substituents is 1. The molecule has 32 heavy (non-hydrogen) atoms. The monoisotopic (exact) mass is 464 g/mol. The van der Waals surface area contributed by atoms with E-state index in [-0.39, 0.29) is 22.8 Å². The fourth-order valence-corrected chi connectivity index (χ4v) is 4.05. The van der Waals surface area contributed by atoms with Gasteiger partial charge in [0.1, 0.15) is 0 Å². The molecule has 4 rings (SSSR count). The number of non-ortho nitro benzene ring substituents is 1. The van der Waals surface area contributed by atoms with E-state index in [2.05, 4.69) is 10.2 Å². The van der Waals surface area contributed by atoms with Crippen molar-refractivity contribution in [3.63, 3.8) is 0 Å². The molecule has 9 heteroatoms. The van der Waals surface area contributed by atoms with Crippen molar-refractivity contribution in [3.8, 4) is 17.1 Å². The molecule has 0 saturated carbocycles. The van der Waals surface area contributed by atoms with E-state index in [1.165, 1.54) is 30.0 Å². The third-order valence-electron chi connectivity index (χ3n) is 4.74. The maximum absolute atomic E-state index is 12.7. The molecule has 0 unspecified atom stereocenters. The van der Waals surface area contributed by atoms with Gasteiger partial charge in [-0.15, -0.1) is 10.2 Å². The van der Waals surface area contributed by atoms with Crippen molar-refractivity contribution >= 4 is 34.8 Å². The summed E-state index contributed by atoms with van der Waals surface area (Å²) in [6.45, 7) is 2.00. The van der Waals surface area contributed by atoms with Gasteiger partial charge in [-0.2, -0.15) is 0 Å². The normalized spacial score (nSPS) is 10.8. The Morgan fingerprint density at radius 2 is 1.78 bits per heavy atom. The number of hydrogen-bond acceptors (Lipinski definition) is 6. The molecule has 0 amide bonds. The van der Waals surface area contributed by atoms with E-state index in [4.69, 9.17) is 11.6 Å². The number of thioether (sulfide) groups is 1. The van der Waals surface area contributed by atoms with Crippen LogP contribution in [0.1, 0.15) is 15.9 Å². The second kappa shape index (κ2) is 9.33. The maximum Gasteiger partial charge on any atom is 0.270 e. The Morgan fingerprint density at radius 3 is 2.47 bits per heavy atom. The molecule has 3 aromatic carbocycles. The molecule has 0 aliphatic heterocycles. The van der Waals surface area contributed by atoms with E-state index in [9.17, 15) is 14.9 Å². The number of Topliss-reactive ketones (excluding diaryl/α,β-unsaturated/α-hetero) is 1. The lowest BCUT2D eigenvalue weighted by Crippen LogP contribution is -2.05. The first-order chi connectivity index (χ1) is 15.4. The number of aryl methyl sites for hydroxylation is 1. The number of ketones is 1. The lowest BCUT2D eigenvalue weighted by molar-refractivity contribution is -0.384. The highest BCUT2D eigenvalue weighted by Crippen LogP contribution is 2.29. The Bertz CT molecular complexity index is 1290. The van der Waals surface area contributed by atoms with Gasteiger partial charge < -0.3 is 0 Å². The smallest absolute Gasteiger partial charge is 0.270 e. The zero-order chi connectivity index (χ0) is 22.7. The highest BCUT2D eigenvalue weighted by Gasteiger charge is 2.18. The minimum atomic E-state index is -0.518. The van der Waals surface area contributed by atoms with Crippen LogP contribution in [0.5, 0.6) is 0 Å². The number of carbonyl (C=O) groups excluding carboxylic acids is 1. The predicted molar refractivity (Wildman–Crippen MR) is 125 cm³/mol. The van der Waals surface area contributed by atoms with Crippen LogP contribution < -0.4 is 0 Å². The SMILES string of the molecule is Cc1ccc(-n2c(SCC(=O)c3cccc([N+](=O)[O-])c3)nnc2-c2ccc(Cl)cc2)cc1. The quantitative estimate of drug-likeness (QED) is 0.149. The number of hydrogen-bond donors (Lipinski definition) is 0. The summed E-state index contributed by atoms with van der Waals surface area (Å²) >= 11 is 7.25. The second-order valence-electron chi connectivity index (χ2n) is 7.00. The van der Waals surface area contributed by atoms with Crippen molar-refractivity contribution in [2.75, 3.05) is 5.75 Å². The summed E-state index contributed by atoms with van der Waals surface area (Å²) in [6, 6.07) is 20.9. The van der Waals surface area contributed by atoms with Gasteiger partial charge in [0.2, 0.25) is 0 Å². The topological polar surface area (TPSA) is 90.9 Å². The van der Waals surface area contributed by atoms with Crippen molar-refractivity contribution < 1.29 is 9.72 Å². The summed E-state index contributed by atoms with van der Waals surface area (Å²) in [5.41, 5.74) is 2.97. The van der Waals surface area contributed by atoms with Crippen molar-refractivity contribution in [2.24, 2.45) is 0 Å². The number of rotatable bonds is 7. The molecule has 0 fully saturated rings. The fraction of sp³-hybridized carbons (Fsp3) is 0.0870. The van der Waals surface area contributed by atoms with Gasteiger partial charge in [0.05, 0.1) is 10.7 Å². The number of nitro groups is 1. The molecule has 0 radical (unpaired) electrons. The maximum atomic E-state index is 12.7. The zero-order valence-corrected chi connectivity index (χ0v) is 18.5. The highest BCUT2D eigenvalue weighted by molar-refractivity contribution is 7.99. The molecule has 0 bridgehead atoms. The van der Waals surface area contributed by atoms with Gasteiger partial charge in [-0.05, 0) is 43.3 Å². The largest absolute Gasteiger partial charge is 0.293 e. The van der Waals surface area contributed by atoms with Gasteiger partial charge in [0.15, 0.2) is 16.8 Å². The average Bonchev–Trinajstić information content (AvgIpc) is 3.22. The molecule has 0 atom stereocenters. The average molecular weight is 465 g/mol. The van der Waals surface area contributed by atoms with E-state index in [0.717, 1.165) is 16.8 Å². The standard InChI is InChI=1S/C23H17ClN4O3S/c1-15-5-11-19(12-6-15)27-22(16-7-9-18(24)10-8-16)25-26-23(27)32-14-21(29)17-3-2-4-20(13-17)28(30)31/h2-13H,14H2,1H3. The molecular formula is C23H17ClN4O3S. The van der Waals surface area contributed by atoms with E-state index in [0.29, 0.717) is 16.0 Å². The molecule has 1 aromatic heterocycles. The molecule has 1 heterocycles. The first-order valence-electron chi connectivity index (χ1n) is 9.61. The fourth-order valence-electron chi connectivity index (χ4n) is 3.08. The van der Waals surface area contributed by atoms with Crippen LogP contribution in [0.15, 0.2) is 78.0 Å². The minimum Gasteiger partial charge on any atom is -0.293 e. The third-order valence-corrected chi connectivity index (χ3v) is 5.92. The van der Waals surface area contributed by atoms with Crippen molar-refractivity contribution in [3.05, 3.63) is 99.1 Å². The Hall–Kier alpha value is -3.49. The van der Waals surface area contributed by atoms with E-state index >= 15 is 0 Å². The summed E-state index contributed by atoms with van der Waals surface area (Å²) in [5.74, 6) is 0.451. The second-order valence-corrected chi connectivity index (χ2v) is 8.38. The number of carbonyl (C=O) groups is 1. The van der Waals surface area contributed by atoms with Gasteiger partial charge in [-0.1, -0.05) is 53.2 Å². The van der Waals surface area contributed by atoms with E-state index in [1.807, 2.05) is 47.9 Å². The van der Waals surface area contributed by atoms with Crippen LogP contribution in [0.4, 0.5) is 5.69 Å². The van der Waals surface area contributed by atoms with Gasteiger partial charge in [0.25, 0.3) is 5.69 Å². The summed E-state index contributed by atoms with van der Waals surface area (Å²) in [4.78, 5) is 23.2. The Labute approximate surface area is 193 Å². The van der Waals surface area contributed by atoms with Crippen LogP contribution in [-0.2, 0) is 0 Å². The molecule has 7 nitrogen and oxygen atoms in total. The predicted octanol–water partition coefficient (Wildman–Crippen LogP) is 5.78. The minimum absolute atomic E-state index is 0.0613. The van der Waals surface area contributed by atoms with Crippen LogP contribution in [0.25, 0.3) is 17.1 Å². The number of nitrogens with zero attached hydrogens (tertiary/aromatic N) is 4.